The Balaban J connectivity index is 1.37. The molecule has 4 rings (SSSR count). The fourth-order valence-electron chi connectivity index (χ4n) is 4.00. The molecular formula is C22H23N5O6. The molecule has 0 radical (unpaired) electrons. The molecule has 2 aliphatic heterocycles. The van der Waals surface area contributed by atoms with Crippen molar-refractivity contribution in [1.29, 1.82) is 0 Å². The number of nitrogens with two attached hydrogens (primary N) is 3. The first kappa shape index (κ1) is 22.1. The molecule has 2 aliphatic rings. The summed E-state index contributed by atoms with van der Waals surface area (Å²) in [6.45, 7) is 0.121. The highest BCUT2D eigenvalue weighted by molar-refractivity contribution is 5.89. The Morgan fingerprint density at radius 3 is 1.76 bits per heavy atom. The lowest BCUT2D eigenvalue weighted by Crippen LogP contribution is -2.41. The second kappa shape index (κ2) is 8.79. The van der Waals surface area contributed by atoms with E-state index in [1.54, 1.807) is 48.5 Å². The number of rotatable bonds is 7. The van der Waals surface area contributed by atoms with Gasteiger partial charge in [-0.15, -0.1) is 0 Å². The molecule has 11 heteroatoms. The summed E-state index contributed by atoms with van der Waals surface area (Å²) in [4.78, 5) is 59.1. The van der Waals surface area contributed by atoms with E-state index in [1.807, 2.05) is 0 Å². The Morgan fingerprint density at radius 1 is 0.818 bits per heavy atom. The third kappa shape index (κ3) is 4.30. The molecule has 3 atom stereocenters. The number of para-hydroxylation sites is 2. The maximum Gasteiger partial charge on any atom is 0.349 e. The molecule has 0 bridgehead atoms. The molecular weight excluding hydrogens is 430 g/mol. The molecule has 0 saturated heterocycles. The van der Waals surface area contributed by atoms with Gasteiger partial charge in [0.05, 0.1) is 42.7 Å². The number of anilines is 2. The largest absolute Gasteiger partial charge is 0.369 e. The van der Waals surface area contributed by atoms with Crippen LogP contribution in [0.4, 0.5) is 11.4 Å². The summed E-state index contributed by atoms with van der Waals surface area (Å²) in [5.74, 6) is -4.00. The Morgan fingerprint density at radius 2 is 1.27 bits per heavy atom. The zero-order valence-corrected chi connectivity index (χ0v) is 17.5. The van der Waals surface area contributed by atoms with Crippen LogP contribution in [0.1, 0.15) is 29.4 Å². The molecule has 2 heterocycles. The highest BCUT2D eigenvalue weighted by Gasteiger charge is 2.37. The molecule has 6 N–H and O–H groups in total. The van der Waals surface area contributed by atoms with E-state index >= 15 is 0 Å². The lowest BCUT2D eigenvalue weighted by atomic mass is 10.0. The summed E-state index contributed by atoms with van der Waals surface area (Å²) in [6, 6.07) is 12.5. The second-order valence-corrected chi connectivity index (χ2v) is 7.83. The third-order valence-electron chi connectivity index (χ3n) is 5.65. The Kier molecular flexibility index (Phi) is 5.88. The smallest absolute Gasteiger partial charge is 0.349 e. The average molecular weight is 453 g/mol. The number of hydroxylamine groups is 2. The topological polar surface area (TPSA) is 171 Å². The predicted octanol–water partition coefficient (Wildman–Crippen LogP) is -0.202. The number of primary amides is 2. The van der Waals surface area contributed by atoms with Crippen molar-refractivity contribution in [1.82, 2.24) is 0 Å². The van der Waals surface area contributed by atoms with Crippen molar-refractivity contribution in [3.05, 3.63) is 59.7 Å². The van der Waals surface area contributed by atoms with Gasteiger partial charge in [-0.3, -0.25) is 9.59 Å². The molecule has 0 aromatic heterocycles. The second-order valence-electron chi connectivity index (χ2n) is 7.83. The lowest BCUT2D eigenvalue weighted by molar-refractivity contribution is -0.153. The maximum atomic E-state index is 12.5. The molecule has 0 spiro atoms. The number of amides is 2. The molecule has 0 fully saturated rings. The van der Waals surface area contributed by atoms with Crippen LogP contribution in [0.15, 0.2) is 48.5 Å². The van der Waals surface area contributed by atoms with Gasteiger partial charge < -0.3 is 26.9 Å². The highest BCUT2D eigenvalue weighted by atomic mass is 16.7. The van der Waals surface area contributed by atoms with Crippen molar-refractivity contribution in [2.45, 2.75) is 24.3 Å². The van der Waals surface area contributed by atoms with E-state index in [4.69, 9.17) is 26.9 Å². The van der Waals surface area contributed by atoms with Crippen LogP contribution < -0.4 is 27.3 Å². The van der Waals surface area contributed by atoms with Gasteiger partial charge in [0.25, 0.3) is 0 Å². The quantitative estimate of drug-likeness (QED) is 0.513. The molecule has 2 aromatic carbocycles. The fourth-order valence-corrected chi connectivity index (χ4v) is 4.00. The molecule has 0 saturated carbocycles. The van der Waals surface area contributed by atoms with E-state index in [0.717, 1.165) is 0 Å². The normalized spacial score (nSPS) is 19.4. The first-order valence-electron chi connectivity index (χ1n) is 10.3. The maximum absolute atomic E-state index is 12.5. The molecule has 2 unspecified atom stereocenters. The number of benzene rings is 2. The van der Waals surface area contributed by atoms with Crippen molar-refractivity contribution < 1.29 is 28.9 Å². The lowest BCUT2D eigenvalue weighted by Gasteiger charge is -2.22. The number of fused-ring (bicyclic) bond motifs is 2. The fraction of sp³-hybridized carbons (Fsp3) is 0.273. The van der Waals surface area contributed by atoms with E-state index < -0.39 is 48.1 Å². The van der Waals surface area contributed by atoms with Crippen molar-refractivity contribution in [2.75, 3.05) is 23.2 Å². The van der Waals surface area contributed by atoms with E-state index in [-0.39, 0.29) is 13.1 Å². The van der Waals surface area contributed by atoms with Gasteiger partial charge in [-0.2, -0.15) is 0 Å². The van der Waals surface area contributed by atoms with Crippen molar-refractivity contribution >= 4 is 35.1 Å². The molecule has 0 aliphatic carbocycles. The van der Waals surface area contributed by atoms with Crippen LogP contribution in [0, 0.1) is 0 Å². The first-order valence-corrected chi connectivity index (χ1v) is 10.3. The van der Waals surface area contributed by atoms with Gasteiger partial charge in [0.15, 0.2) is 0 Å². The van der Waals surface area contributed by atoms with Gasteiger partial charge in [0.1, 0.15) is 6.04 Å². The SMILES string of the molecule is NC(=O)C1CN(OC(=O)C[C@H](N)C(=O)ON2CC(C(N)=O)c3ccccc32)c2ccccc21. The Bertz CT molecular complexity index is 1120. The van der Waals surface area contributed by atoms with Gasteiger partial charge >= 0.3 is 11.9 Å². The van der Waals surface area contributed by atoms with Crippen LogP contribution in [-0.4, -0.2) is 42.9 Å². The number of hydrogen-bond acceptors (Lipinski definition) is 9. The van der Waals surface area contributed by atoms with Gasteiger partial charge in [0.2, 0.25) is 11.8 Å². The van der Waals surface area contributed by atoms with Gasteiger partial charge in [0, 0.05) is 0 Å². The third-order valence-corrected chi connectivity index (χ3v) is 5.65. The number of carbonyl (C=O) groups excluding carboxylic acids is 4. The Labute approximate surface area is 188 Å². The summed E-state index contributed by atoms with van der Waals surface area (Å²) in [7, 11) is 0. The summed E-state index contributed by atoms with van der Waals surface area (Å²) >= 11 is 0. The number of hydrogen-bond donors (Lipinski definition) is 3. The summed E-state index contributed by atoms with van der Waals surface area (Å²) < 4.78 is 0. The summed E-state index contributed by atoms with van der Waals surface area (Å²) in [5, 5.41) is 2.51. The van der Waals surface area contributed by atoms with Crippen LogP contribution in [-0.2, 0) is 28.9 Å². The molecule has 33 heavy (non-hydrogen) atoms. The van der Waals surface area contributed by atoms with Crippen molar-refractivity contribution in [3.8, 4) is 0 Å². The zero-order valence-electron chi connectivity index (χ0n) is 17.5. The van der Waals surface area contributed by atoms with Crippen molar-refractivity contribution in [3.63, 3.8) is 0 Å². The van der Waals surface area contributed by atoms with Gasteiger partial charge in [-0.25, -0.2) is 19.7 Å². The van der Waals surface area contributed by atoms with Crippen molar-refractivity contribution in [2.24, 2.45) is 17.2 Å². The minimum absolute atomic E-state index is 0.0522. The minimum Gasteiger partial charge on any atom is -0.369 e. The average Bonchev–Trinajstić information content (AvgIpc) is 3.33. The summed E-state index contributed by atoms with van der Waals surface area (Å²) in [6.07, 6.45) is -0.465. The van der Waals surface area contributed by atoms with Crippen LogP contribution in [0.3, 0.4) is 0 Å². The number of nitrogens with zero attached hydrogens (tertiary/aromatic N) is 2. The van der Waals surface area contributed by atoms with Gasteiger partial charge in [-0.05, 0) is 23.3 Å². The standard InChI is InChI=1S/C22H23N5O6/c23-16(22(31)33-27-11-15(21(25)30)13-6-2-4-8-18(13)27)9-19(28)32-26-10-14(20(24)29)12-5-1-3-7-17(12)26/h1-8,14-16H,9-11,23H2,(H2,24,29)(H2,25,30)/t14?,15?,16-/m0/s1. The van der Waals surface area contributed by atoms with E-state index in [9.17, 15) is 19.2 Å². The molecule has 172 valence electrons. The first-order chi connectivity index (χ1) is 15.8. The molecule has 11 nitrogen and oxygen atoms in total. The molecule has 2 amide bonds. The molecule has 2 aromatic rings. The van der Waals surface area contributed by atoms with Crippen LogP contribution in [0.5, 0.6) is 0 Å². The van der Waals surface area contributed by atoms with E-state index in [1.165, 1.54) is 10.1 Å². The van der Waals surface area contributed by atoms with Crippen LogP contribution in [0.2, 0.25) is 0 Å². The Hall–Kier alpha value is -4.12. The monoisotopic (exact) mass is 453 g/mol. The highest BCUT2D eigenvalue weighted by Crippen LogP contribution is 2.37. The van der Waals surface area contributed by atoms with Crippen LogP contribution >= 0.6 is 0 Å². The van der Waals surface area contributed by atoms with E-state index in [0.29, 0.717) is 22.5 Å². The van der Waals surface area contributed by atoms with Crippen LogP contribution in [0.25, 0.3) is 0 Å². The number of carbonyl (C=O) groups is 4. The zero-order chi connectivity index (χ0) is 23.7. The predicted molar refractivity (Wildman–Crippen MR) is 116 cm³/mol. The van der Waals surface area contributed by atoms with Gasteiger partial charge in [-0.1, -0.05) is 36.4 Å². The minimum atomic E-state index is -1.32. The summed E-state index contributed by atoms with van der Waals surface area (Å²) in [5.41, 5.74) is 19.1. The van der Waals surface area contributed by atoms with E-state index in [2.05, 4.69) is 0 Å².